The van der Waals surface area contributed by atoms with Crippen LogP contribution in [0, 0.1) is 0 Å². The molecule has 1 aliphatic rings. The summed E-state index contributed by atoms with van der Waals surface area (Å²) in [6, 6.07) is -0.464. The number of hydrogen-bond acceptors (Lipinski definition) is 3. The molecule has 0 amide bonds. The van der Waals surface area contributed by atoms with Crippen molar-refractivity contribution in [2.45, 2.75) is 18.9 Å². The maximum Gasteiger partial charge on any atom is 0.323 e. The van der Waals surface area contributed by atoms with Crippen molar-refractivity contribution in [2.75, 3.05) is 26.3 Å². The molecule has 1 N–H and O–H groups in total. The van der Waals surface area contributed by atoms with Crippen molar-refractivity contribution in [3.8, 4) is 0 Å². The van der Waals surface area contributed by atoms with Gasteiger partial charge in [0.15, 0.2) is 0 Å². The molecule has 4 nitrogen and oxygen atoms in total. The van der Waals surface area contributed by atoms with Crippen molar-refractivity contribution in [1.82, 2.24) is 4.90 Å². The third-order valence-corrected chi connectivity index (χ3v) is 2.38. The quantitative estimate of drug-likeness (QED) is 0.524. The highest BCUT2D eigenvalue weighted by atomic mass is 16.5. The van der Waals surface area contributed by atoms with Crippen molar-refractivity contribution < 1.29 is 14.6 Å². The average molecular weight is 199 g/mol. The van der Waals surface area contributed by atoms with Gasteiger partial charge in [0, 0.05) is 6.54 Å². The second-order valence-corrected chi connectivity index (χ2v) is 3.40. The van der Waals surface area contributed by atoms with Crippen molar-refractivity contribution in [1.29, 1.82) is 0 Å². The number of allylic oxidation sites excluding steroid dienone is 1. The molecule has 0 saturated carbocycles. The third-order valence-electron chi connectivity index (χ3n) is 2.38. The Hall–Kier alpha value is -0.870. The van der Waals surface area contributed by atoms with Gasteiger partial charge in [-0.3, -0.25) is 9.69 Å². The number of unbranched alkanes of at least 4 members (excludes halogenated alkanes) is 1. The maximum absolute atomic E-state index is 10.9. The maximum atomic E-state index is 10.9. The molecule has 1 heterocycles. The fourth-order valence-electron chi connectivity index (χ4n) is 1.57. The number of aliphatic carboxylic acids is 1. The molecule has 1 unspecified atom stereocenters. The summed E-state index contributed by atoms with van der Waals surface area (Å²) in [5.74, 6) is -0.789. The second-order valence-electron chi connectivity index (χ2n) is 3.40. The minimum atomic E-state index is -0.789. The molecule has 14 heavy (non-hydrogen) atoms. The van der Waals surface area contributed by atoms with E-state index in [0.29, 0.717) is 19.8 Å². The number of morpholine rings is 1. The summed E-state index contributed by atoms with van der Waals surface area (Å²) in [6.07, 6.45) is 3.76. The molecule has 0 bridgehead atoms. The summed E-state index contributed by atoms with van der Waals surface area (Å²) in [7, 11) is 0. The normalized spacial score (nSPS) is 23.3. The molecule has 0 aliphatic carbocycles. The van der Waals surface area contributed by atoms with E-state index in [1.165, 1.54) is 0 Å². The molecule has 1 rings (SSSR count). The van der Waals surface area contributed by atoms with Gasteiger partial charge in [0.2, 0.25) is 0 Å². The highest BCUT2D eigenvalue weighted by molar-refractivity contribution is 5.73. The summed E-state index contributed by atoms with van der Waals surface area (Å²) < 4.78 is 5.14. The first-order valence-corrected chi connectivity index (χ1v) is 4.91. The lowest BCUT2D eigenvalue weighted by molar-refractivity contribution is -0.149. The molecule has 4 heteroatoms. The lowest BCUT2D eigenvalue weighted by atomic mass is 10.2. The van der Waals surface area contributed by atoms with Crippen molar-refractivity contribution in [2.24, 2.45) is 0 Å². The number of rotatable bonds is 5. The fraction of sp³-hybridized carbons (Fsp3) is 0.700. The molecule has 0 spiro atoms. The summed E-state index contributed by atoms with van der Waals surface area (Å²) >= 11 is 0. The molecule has 1 fully saturated rings. The Bertz CT molecular complexity index is 206. The van der Waals surface area contributed by atoms with Gasteiger partial charge >= 0.3 is 5.97 Å². The topological polar surface area (TPSA) is 49.8 Å². The lowest BCUT2D eigenvalue weighted by Gasteiger charge is -2.32. The van der Waals surface area contributed by atoms with Crippen LogP contribution < -0.4 is 0 Å². The number of ether oxygens (including phenoxy) is 1. The second kappa shape index (κ2) is 5.78. The Kier molecular flexibility index (Phi) is 4.62. The first kappa shape index (κ1) is 11.2. The van der Waals surface area contributed by atoms with Gasteiger partial charge in [-0.15, -0.1) is 6.58 Å². The van der Waals surface area contributed by atoms with Crippen LogP contribution in [0.2, 0.25) is 0 Å². The molecule has 0 aromatic heterocycles. The first-order chi connectivity index (χ1) is 6.75. The Morgan fingerprint density at radius 2 is 2.50 bits per heavy atom. The summed E-state index contributed by atoms with van der Waals surface area (Å²) in [6.45, 7) is 6.11. The van der Waals surface area contributed by atoms with Crippen molar-refractivity contribution in [3.63, 3.8) is 0 Å². The number of hydrogen-bond donors (Lipinski definition) is 1. The smallest absolute Gasteiger partial charge is 0.323 e. The first-order valence-electron chi connectivity index (χ1n) is 4.91. The standard InChI is InChI=1S/C10H17NO3/c1-2-3-4-5-11-6-7-14-8-9(11)10(12)13/h2,9H,1,3-8H2,(H,12,13). The Labute approximate surface area is 84.2 Å². The number of carbonyl (C=O) groups is 1. The zero-order valence-corrected chi connectivity index (χ0v) is 8.32. The third kappa shape index (κ3) is 3.12. The molecule has 1 atom stereocenters. The Balaban J connectivity index is 2.37. The van der Waals surface area contributed by atoms with Crippen molar-refractivity contribution in [3.05, 3.63) is 12.7 Å². The largest absolute Gasteiger partial charge is 0.480 e. The molecule has 0 aromatic carbocycles. The molecule has 80 valence electrons. The van der Waals surface area contributed by atoms with Crippen LogP contribution >= 0.6 is 0 Å². The van der Waals surface area contributed by atoms with Gasteiger partial charge in [-0.05, 0) is 19.4 Å². The van der Waals surface area contributed by atoms with E-state index < -0.39 is 12.0 Å². The van der Waals surface area contributed by atoms with Crippen LogP contribution in [0.3, 0.4) is 0 Å². The van der Waals surface area contributed by atoms with Gasteiger partial charge in [-0.25, -0.2) is 0 Å². The Morgan fingerprint density at radius 1 is 1.71 bits per heavy atom. The van der Waals surface area contributed by atoms with E-state index in [2.05, 4.69) is 6.58 Å². The van der Waals surface area contributed by atoms with Crippen LogP contribution in [0.25, 0.3) is 0 Å². The predicted molar refractivity (Wildman–Crippen MR) is 53.2 cm³/mol. The minimum Gasteiger partial charge on any atom is -0.480 e. The molecule has 0 radical (unpaired) electrons. The van der Waals surface area contributed by atoms with Gasteiger partial charge < -0.3 is 9.84 Å². The number of nitrogens with zero attached hydrogens (tertiary/aromatic N) is 1. The zero-order valence-electron chi connectivity index (χ0n) is 8.32. The van der Waals surface area contributed by atoms with E-state index >= 15 is 0 Å². The SMILES string of the molecule is C=CCCCN1CCOCC1C(=O)O. The van der Waals surface area contributed by atoms with E-state index in [0.717, 1.165) is 19.4 Å². The van der Waals surface area contributed by atoms with Crippen LogP contribution in [0.5, 0.6) is 0 Å². The summed E-state index contributed by atoms with van der Waals surface area (Å²) in [4.78, 5) is 12.8. The van der Waals surface area contributed by atoms with E-state index in [1.54, 1.807) is 0 Å². The molecular formula is C10H17NO3. The van der Waals surface area contributed by atoms with Crippen LogP contribution in [0.4, 0.5) is 0 Å². The van der Waals surface area contributed by atoms with Crippen LogP contribution in [-0.2, 0) is 9.53 Å². The highest BCUT2D eigenvalue weighted by Gasteiger charge is 2.28. The van der Waals surface area contributed by atoms with Crippen LogP contribution in [-0.4, -0.2) is 48.3 Å². The lowest BCUT2D eigenvalue weighted by Crippen LogP contribution is -2.50. The highest BCUT2D eigenvalue weighted by Crippen LogP contribution is 2.08. The average Bonchev–Trinajstić information content (AvgIpc) is 2.19. The van der Waals surface area contributed by atoms with Gasteiger partial charge in [-0.2, -0.15) is 0 Å². The fourth-order valence-corrected chi connectivity index (χ4v) is 1.57. The number of carboxylic acids is 1. The van der Waals surface area contributed by atoms with E-state index in [9.17, 15) is 4.79 Å². The van der Waals surface area contributed by atoms with Gasteiger partial charge in [0.1, 0.15) is 6.04 Å². The van der Waals surface area contributed by atoms with Gasteiger partial charge in [0.25, 0.3) is 0 Å². The molecule has 1 saturated heterocycles. The van der Waals surface area contributed by atoms with Gasteiger partial charge in [0.05, 0.1) is 13.2 Å². The van der Waals surface area contributed by atoms with E-state index in [1.807, 2.05) is 11.0 Å². The zero-order chi connectivity index (χ0) is 10.4. The van der Waals surface area contributed by atoms with E-state index in [4.69, 9.17) is 9.84 Å². The van der Waals surface area contributed by atoms with Crippen LogP contribution in [0.1, 0.15) is 12.8 Å². The minimum absolute atomic E-state index is 0.309. The molecular weight excluding hydrogens is 182 g/mol. The Morgan fingerprint density at radius 3 is 3.14 bits per heavy atom. The summed E-state index contributed by atoms with van der Waals surface area (Å²) in [5, 5.41) is 8.92. The van der Waals surface area contributed by atoms with Crippen molar-refractivity contribution >= 4 is 5.97 Å². The summed E-state index contributed by atoms with van der Waals surface area (Å²) in [5.41, 5.74) is 0. The van der Waals surface area contributed by atoms with Crippen LogP contribution in [0.15, 0.2) is 12.7 Å². The molecule has 1 aliphatic heterocycles. The monoisotopic (exact) mass is 199 g/mol. The molecule has 0 aromatic rings. The van der Waals surface area contributed by atoms with Gasteiger partial charge in [-0.1, -0.05) is 6.08 Å². The number of carboxylic acid groups (broad SMARTS) is 1. The van der Waals surface area contributed by atoms with E-state index in [-0.39, 0.29) is 0 Å². The predicted octanol–water partition coefficient (Wildman–Crippen LogP) is 0.738.